The normalized spacial score (nSPS) is 10.6. The average molecular weight is 456 g/mol. The molecule has 2 aromatic heterocycles. The molecule has 0 aliphatic rings. The van der Waals surface area contributed by atoms with Gasteiger partial charge < -0.3 is 15.4 Å². The third kappa shape index (κ3) is 5.12. The van der Waals surface area contributed by atoms with E-state index in [9.17, 15) is 9.59 Å². The van der Waals surface area contributed by atoms with Crippen LogP contribution in [0.4, 0.5) is 11.4 Å². The van der Waals surface area contributed by atoms with E-state index in [0.717, 1.165) is 16.7 Å². The summed E-state index contributed by atoms with van der Waals surface area (Å²) < 4.78 is 7.29. The molecule has 2 aromatic carbocycles. The van der Waals surface area contributed by atoms with E-state index in [0.29, 0.717) is 29.3 Å². The second-order valence-electron chi connectivity index (χ2n) is 7.85. The molecule has 34 heavy (non-hydrogen) atoms. The van der Waals surface area contributed by atoms with Gasteiger partial charge in [-0.1, -0.05) is 12.1 Å². The van der Waals surface area contributed by atoms with Gasteiger partial charge in [0.05, 0.1) is 6.20 Å². The molecule has 0 bridgehead atoms. The molecule has 0 saturated carbocycles. The monoisotopic (exact) mass is 455 g/mol. The number of aryl methyl sites for hydroxylation is 2. The van der Waals surface area contributed by atoms with Crippen molar-refractivity contribution in [1.82, 2.24) is 20.1 Å². The Labute approximate surface area is 197 Å². The van der Waals surface area contributed by atoms with Crippen LogP contribution in [0.5, 0.6) is 11.5 Å². The van der Waals surface area contributed by atoms with Crippen LogP contribution in [0.3, 0.4) is 0 Å². The van der Waals surface area contributed by atoms with Gasteiger partial charge in [0, 0.05) is 37.2 Å². The van der Waals surface area contributed by atoms with Gasteiger partial charge in [-0.25, -0.2) is 4.68 Å². The first kappa shape index (κ1) is 22.7. The molecular formula is C26H25N5O3. The van der Waals surface area contributed by atoms with Crippen LogP contribution in [-0.2, 0) is 13.6 Å². The summed E-state index contributed by atoms with van der Waals surface area (Å²) in [7, 11) is 1.57. The summed E-state index contributed by atoms with van der Waals surface area (Å²) in [5, 5.41) is 10.1. The van der Waals surface area contributed by atoms with E-state index in [1.807, 2.05) is 44.2 Å². The van der Waals surface area contributed by atoms with E-state index in [-0.39, 0.29) is 17.2 Å². The van der Waals surface area contributed by atoms with Gasteiger partial charge in [-0.05, 0) is 73.0 Å². The molecule has 172 valence electrons. The summed E-state index contributed by atoms with van der Waals surface area (Å²) in [6.45, 7) is 4.37. The Morgan fingerprint density at radius 2 is 1.74 bits per heavy atom. The molecule has 4 rings (SSSR count). The van der Waals surface area contributed by atoms with Crippen LogP contribution in [0.2, 0.25) is 0 Å². The van der Waals surface area contributed by atoms with Crippen LogP contribution in [0, 0.1) is 13.8 Å². The number of hydrogen-bond donors (Lipinski definition) is 2. The van der Waals surface area contributed by atoms with E-state index >= 15 is 0 Å². The number of amides is 1. The molecule has 0 saturated heterocycles. The van der Waals surface area contributed by atoms with Crippen LogP contribution >= 0.6 is 0 Å². The molecule has 0 atom stereocenters. The van der Waals surface area contributed by atoms with Gasteiger partial charge in [-0.3, -0.25) is 14.6 Å². The van der Waals surface area contributed by atoms with E-state index in [1.165, 1.54) is 10.9 Å². The standard InChI is InChI=1S/C26H25N5O3/c1-17-5-4-6-22(18(17)2)34-23-16-29-31(3)26(33)24(23)30-21-9-7-20(8-10-21)25(32)28-15-19-11-13-27-14-12-19/h4-14,16,30H,15H2,1-3H3,(H,28,32). The molecule has 0 aliphatic carbocycles. The van der Waals surface area contributed by atoms with Gasteiger partial charge in [0.2, 0.25) is 0 Å². The number of carbonyl (C=O) groups is 1. The van der Waals surface area contributed by atoms with E-state index in [2.05, 4.69) is 20.7 Å². The third-order valence-electron chi connectivity index (χ3n) is 5.50. The highest BCUT2D eigenvalue weighted by Crippen LogP contribution is 2.31. The summed E-state index contributed by atoms with van der Waals surface area (Å²) in [5.74, 6) is 0.775. The Bertz CT molecular complexity index is 1370. The number of pyridine rings is 1. The highest BCUT2D eigenvalue weighted by molar-refractivity contribution is 5.94. The highest BCUT2D eigenvalue weighted by atomic mass is 16.5. The molecule has 1 amide bonds. The molecule has 2 heterocycles. The lowest BCUT2D eigenvalue weighted by molar-refractivity contribution is 0.0951. The minimum absolute atomic E-state index is 0.192. The van der Waals surface area contributed by atoms with Crippen molar-refractivity contribution in [1.29, 1.82) is 0 Å². The quantitative estimate of drug-likeness (QED) is 0.432. The maximum atomic E-state index is 12.8. The summed E-state index contributed by atoms with van der Waals surface area (Å²) in [6.07, 6.45) is 4.87. The molecule has 8 nitrogen and oxygen atoms in total. The lowest BCUT2D eigenvalue weighted by Crippen LogP contribution is -2.23. The lowest BCUT2D eigenvalue weighted by atomic mass is 10.1. The predicted octanol–water partition coefficient (Wildman–Crippen LogP) is 4.26. The fourth-order valence-electron chi connectivity index (χ4n) is 3.30. The maximum absolute atomic E-state index is 12.8. The van der Waals surface area contributed by atoms with Gasteiger partial charge >= 0.3 is 0 Å². The molecule has 2 N–H and O–H groups in total. The second kappa shape index (κ2) is 9.99. The van der Waals surface area contributed by atoms with Crippen molar-refractivity contribution >= 4 is 17.3 Å². The van der Waals surface area contributed by atoms with E-state index < -0.39 is 0 Å². The largest absolute Gasteiger partial charge is 0.453 e. The third-order valence-corrected chi connectivity index (χ3v) is 5.50. The number of aromatic nitrogens is 3. The van der Waals surface area contributed by atoms with E-state index in [4.69, 9.17) is 4.74 Å². The number of ether oxygens (including phenoxy) is 1. The Hall–Kier alpha value is -4.46. The molecule has 0 aliphatic heterocycles. The lowest BCUT2D eigenvalue weighted by Gasteiger charge is -2.15. The number of nitrogens with one attached hydrogen (secondary N) is 2. The zero-order valence-electron chi connectivity index (χ0n) is 19.2. The smallest absolute Gasteiger partial charge is 0.294 e. The molecule has 4 aromatic rings. The van der Waals surface area contributed by atoms with Crippen molar-refractivity contribution in [3.8, 4) is 11.5 Å². The van der Waals surface area contributed by atoms with Crippen LogP contribution in [0.15, 0.2) is 78.0 Å². The van der Waals surface area contributed by atoms with Gasteiger partial charge in [-0.2, -0.15) is 5.10 Å². The van der Waals surface area contributed by atoms with Gasteiger partial charge in [0.15, 0.2) is 11.4 Å². The van der Waals surface area contributed by atoms with Gasteiger partial charge in [-0.15, -0.1) is 0 Å². The number of hydrogen-bond acceptors (Lipinski definition) is 6. The predicted molar refractivity (Wildman–Crippen MR) is 131 cm³/mol. The number of rotatable bonds is 7. The number of benzene rings is 2. The molecule has 8 heteroatoms. The van der Waals surface area contributed by atoms with Crippen molar-refractivity contribution < 1.29 is 9.53 Å². The topological polar surface area (TPSA) is 98.1 Å². The summed E-state index contributed by atoms with van der Waals surface area (Å²) >= 11 is 0. The maximum Gasteiger partial charge on any atom is 0.294 e. The Morgan fingerprint density at radius 1 is 1.00 bits per heavy atom. The minimum Gasteiger partial charge on any atom is -0.453 e. The van der Waals surface area contributed by atoms with Gasteiger partial charge in [0.1, 0.15) is 5.75 Å². The van der Waals surface area contributed by atoms with Crippen LogP contribution in [0.1, 0.15) is 27.0 Å². The fraction of sp³-hybridized carbons (Fsp3) is 0.154. The zero-order chi connectivity index (χ0) is 24.1. The summed E-state index contributed by atoms with van der Waals surface area (Å²) in [6, 6.07) is 16.3. The number of nitrogens with zero attached hydrogens (tertiary/aromatic N) is 3. The van der Waals surface area contributed by atoms with Crippen molar-refractivity contribution in [3.05, 3.63) is 106 Å². The number of anilines is 2. The number of carbonyl (C=O) groups excluding carboxylic acids is 1. The van der Waals surface area contributed by atoms with Crippen molar-refractivity contribution in [2.45, 2.75) is 20.4 Å². The van der Waals surface area contributed by atoms with Crippen molar-refractivity contribution in [2.24, 2.45) is 7.05 Å². The zero-order valence-corrected chi connectivity index (χ0v) is 19.2. The Morgan fingerprint density at radius 3 is 2.47 bits per heavy atom. The summed E-state index contributed by atoms with van der Waals surface area (Å²) in [5.41, 5.74) is 4.11. The van der Waals surface area contributed by atoms with Crippen molar-refractivity contribution in [2.75, 3.05) is 5.32 Å². The average Bonchev–Trinajstić information content (AvgIpc) is 2.86. The summed E-state index contributed by atoms with van der Waals surface area (Å²) in [4.78, 5) is 29.3. The van der Waals surface area contributed by atoms with E-state index in [1.54, 1.807) is 43.7 Å². The van der Waals surface area contributed by atoms with Crippen molar-refractivity contribution in [3.63, 3.8) is 0 Å². The SMILES string of the molecule is Cc1cccc(Oc2cnn(C)c(=O)c2Nc2ccc(C(=O)NCc3ccncc3)cc2)c1C. The minimum atomic E-state index is -0.332. The molecule has 0 spiro atoms. The molecule has 0 fully saturated rings. The van der Waals surface area contributed by atoms with Crippen LogP contribution in [-0.4, -0.2) is 20.7 Å². The first-order valence-corrected chi connectivity index (χ1v) is 10.8. The van der Waals surface area contributed by atoms with Crippen LogP contribution in [0.25, 0.3) is 0 Å². The Kier molecular flexibility index (Phi) is 6.68. The second-order valence-corrected chi connectivity index (χ2v) is 7.85. The molecular weight excluding hydrogens is 430 g/mol. The van der Waals surface area contributed by atoms with Gasteiger partial charge in [0.25, 0.3) is 11.5 Å². The first-order chi connectivity index (χ1) is 16.4. The Balaban J connectivity index is 1.52. The first-order valence-electron chi connectivity index (χ1n) is 10.8. The fourth-order valence-corrected chi connectivity index (χ4v) is 3.30. The highest BCUT2D eigenvalue weighted by Gasteiger charge is 2.15. The molecule has 0 unspecified atom stereocenters. The van der Waals surface area contributed by atoms with Crippen LogP contribution < -0.4 is 20.9 Å². The molecule has 0 radical (unpaired) electrons.